The fourth-order valence-electron chi connectivity index (χ4n) is 3.56. The van der Waals surface area contributed by atoms with Crippen molar-refractivity contribution in [1.29, 1.82) is 0 Å². The molecule has 32 heavy (non-hydrogen) atoms. The second-order valence-corrected chi connectivity index (χ2v) is 7.60. The molecule has 0 aliphatic carbocycles. The van der Waals surface area contributed by atoms with Crippen molar-refractivity contribution in [2.75, 3.05) is 22.5 Å². The normalized spacial score (nSPS) is 13.0. The molecule has 1 aliphatic heterocycles. The molecule has 3 aromatic carbocycles. The van der Waals surface area contributed by atoms with Gasteiger partial charge in [-0.1, -0.05) is 30.3 Å². The molecule has 0 saturated carbocycles. The summed E-state index contributed by atoms with van der Waals surface area (Å²) in [5.74, 6) is -0.0758. The molecule has 3 N–H and O–H groups in total. The summed E-state index contributed by atoms with van der Waals surface area (Å²) < 4.78 is 0. The van der Waals surface area contributed by atoms with Crippen molar-refractivity contribution in [1.82, 2.24) is 4.90 Å². The summed E-state index contributed by atoms with van der Waals surface area (Å²) in [6, 6.07) is 23.0. The van der Waals surface area contributed by atoms with Gasteiger partial charge in [0.15, 0.2) is 0 Å². The molecule has 162 valence electrons. The molecule has 7 nitrogen and oxygen atoms in total. The van der Waals surface area contributed by atoms with Crippen molar-refractivity contribution in [3.8, 4) is 0 Å². The summed E-state index contributed by atoms with van der Waals surface area (Å²) in [5, 5.41) is 8.36. The first-order valence-corrected chi connectivity index (χ1v) is 10.5. The lowest BCUT2D eigenvalue weighted by atomic mass is 10.1. The van der Waals surface area contributed by atoms with E-state index in [4.69, 9.17) is 0 Å². The number of carbonyl (C=O) groups is 3. The van der Waals surface area contributed by atoms with Gasteiger partial charge in [-0.2, -0.15) is 0 Å². The number of amides is 4. The maximum absolute atomic E-state index is 12.7. The van der Waals surface area contributed by atoms with E-state index in [1.165, 1.54) is 0 Å². The van der Waals surface area contributed by atoms with E-state index in [1.807, 2.05) is 41.3 Å². The molecular weight excluding hydrogens is 404 g/mol. The zero-order valence-corrected chi connectivity index (χ0v) is 17.5. The van der Waals surface area contributed by atoms with Crippen LogP contribution in [0.2, 0.25) is 0 Å². The molecule has 1 heterocycles. The van der Waals surface area contributed by atoms with E-state index in [-0.39, 0.29) is 17.8 Å². The van der Waals surface area contributed by atoms with Crippen LogP contribution in [0.1, 0.15) is 28.8 Å². The predicted molar refractivity (Wildman–Crippen MR) is 125 cm³/mol. The number of hydrogen-bond acceptors (Lipinski definition) is 3. The van der Waals surface area contributed by atoms with E-state index >= 15 is 0 Å². The topological polar surface area (TPSA) is 90.5 Å². The van der Waals surface area contributed by atoms with Gasteiger partial charge in [0, 0.05) is 42.1 Å². The minimum atomic E-state index is -0.346. The summed E-state index contributed by atoms with van der Waals surface area (Å²) in [4.78, 5) is 38.4. The summed E-state index contributed by atoms with van der Waals surface area (Å²) in [6.45, 7) is 1.28. The highest BCUT2D eigenvalue weighted by molar-refractivity contribution is 6.04. The number of benzene rings is 3. The molecular formula is C25H24N4O3. The van der Waals surface area contributed by atoms with Crippen molar-refractivity contribution in [3.63, 3.8) is 0 Å². The lowest BCUT2D eigenvalue weighted by Gasteiger charge is -2.16. The van der Waals surface area contributed by atoms with Crippen molar-refractivity contribution in [2.24, 2.45) is 0 Å². The number of nitrogens with one attached hydrogen (secondary N) is 3. The van der Waals surface area contributed by atoms with E-state index in [0.717, 1.165) is 18.5 Å². The highest BCUT2D eigenvalue weighted by Gasteiger charge is 2.20. The minimum absolute atomic E-state index is 0.158. The van der Waals surface area contributed by atoms with Crippen LogP contribution in [-0.4, -0.2) is 29.3 Å². The van der Waals surface area contributed by atoms with Gasteiger partial charge in [0.25, 0.3) is 5.91 Å². The highest BCUT2D eigenvalue weighted by atomic mass is 16.2. The van der Waals surface area contributed by atoms with Gasteiger partial charge in [0.1, 0.15) is 0 Å². The van der Waals surface area contributed by atoms with E-state index in [0.29, 0.717) is 35.6 Å². The number of carbonyl (C=O) groups excluding carboxylic acids is 3. The molecule has 0 atom stereocenters. The third kappa shape index (κ3) is 5.51. The van der Waals surface area contributed by atoms with Crippen LogP contribution in [0.3, 0.4) is 0 Å². The Morgan fingerprint density at radius 1 is 0.781 bits per heavy atom. The van der Waals surface area contributed by atoms with Gasteiger partial charge in [-0.25, -0.2) is 4.79 Å². The second kappa shape index (κ2) is 9.78. The molecule has 4 amide bonds. The molecule has 3 aromatic rings. The summed E-state index contributed by atoms with van der Waals surface area (Å²) in [7, 11) is 0. The SMILES string of the molecule is O=C(Nc1ccccc1)Nc1ccc(NC(=O)c2cccc(CN3CCCC3=O)c2)cc1. The largest absolute Gasteiger partial charge is 0.338 e. The van der Waals surface area contributed by atoms with Gasteiger partial charge in [0.2, 0.25) is 5.91 Å². The zero-order chi connectivity index (χ0) is 22.3. The van der Waals surface area contributed by atoms with Crippen molar-refractivity contribution < 1.29 is 14.4 Å². The fourth-order valence-corrected chi connectivity index (χ4v) is 3.56. The monoisotopic (exact) mass is 428 g/mol. The maximum Gasteiger partial charge on any atom is 0.323 e. The number of hydrogen-bond donors (Lipinski definition) is 3. The Bertz CT molecular complexity index is 1110. The minimum Gasteiger partial charge on any atom is -0.338 e. The van der Waals surface area contributed by atoms with Gasteiger partial charge < -0.3 is 20.9 Å². The van der Waals surface area contributed by atoms with Crippen molar-refractivity contribution in [2.45, 2.75) is 19.4 Å². The first-order chi connectivity index (χ1) is 15.6. The van der Waals surface area contributed by atoms with Crippen LogP contribution in [0, 0.1) is 0 Å². The van der Waals surface area contributed by atoms with E-state index < -0.39 is 0 Å². The van der Waals surface area contributed by atoms with E-state index in [9.17, 15) is 14.4 Å². The van der Waals surface area contributed by atoms with Gasteiger partial charge in [-0.05, 0) is 60.5 Å². The molecule has 0 unspecified atom stereocenters. The van der Waals surface area contributed by atoms with Gasteiger partial charge in [-0.15, -0.1) is 0 Å². The van der Waals surface area contributed by atoms with Crippen LogP contribution in [0.15, 0.2) is 78.9 Å². The fraction of sp³-hybridized carbons (Fsp3) is 0.160. The Hall–Kier alpha value is -4.13. The predicted octanol–water partition coefficient (Wildman–Crippen LogP) is 4.71. The van der Waals surface area contributed by atoms with Gasteiger partial charge in [0.05, 0.1) is 0 Å². The van der Waals surface area contributed by atoms with Crippen LogP contribution in [0.5, 0.6) is 0 Å². The third-order valence-corrected chi connectivity index (χ3v) is 5.17. The zero-order valence-electron chi connectivity index (χ0n) is 17.5. The molecule has 0 bridgehead atoms. The lowest BCUT2D eigenvalue weighted by molar-refractivity contribution is -0.128. The molecule has 1 aliphatic rings. The molecule has 0 radical (unpaired) electrons. The standard InChI is InChI=1S/C25H24N4O3/c30-23-10-5-15-29(23)17-18-6-4-7-19(16-18)24(31)26-21-11-13-22(14-12-21)28-25(32)27-20-8-2-1-3-9-20/h1-4,6-9,11-14,16H,5,10,15,17H2,(H,26,31)(H2,27,28,32). The molecule has 1 saturated heterocycles. The average molecular weight is 428 g/mol. The number of likely N-dealkylation sites (tertiary alicyclic amines) is 1. The number of para-hydroxylation sites is 1. The Morgan fingerprint density at radius 2 is 1.44 bits per heavy atom. The van der Waals surface area contributed by atoms with Crippen LogP contribution in [0.25, 0.3) is 0 Å². The molecule has 4 rings (SSSR count). The van der Waals surface area contributed by atoms with Crippen LogP contribution in [0.4, 0.5) is 21.9 Å². The first kappa shape index (κ1) is 21.1. The summed E-state index contributed by atoms with van der Waals surface area (Å²) in [6.07, 6.45) is 1.48. The molecule has 7 heteroatoms. The molecule has 0 aromatic heterocycles. The Balaban J connectivity index is 1.33. The second-order valence-electron chi connectivity index (χ2n) is 7.60. The van der Waals surface area contributed by atoms with Crippen LogP contribution < -0.4 is 16.0 Å². The quantitative estimate of drug-likeness (QED) is 0.531. The van der Waals surface area contributed by atoms with Crippen LogP contribution >= 0.6 is 0 Å². The van der Waals surface area contributed by atoms with Gasteiger partial charge in [-0.3, -0.25) is 9.59 Å². The van der Waals surface area contributed by atoms with Crippen molar-refractivity contribution in [3.05, 3.63) is 90.0 Å². The summed E-state index contributed by atoms with van der Waals surface area (Å²) >= 11 is 0. The molecule has 0 spiro atoms. The number of urea groups is 1. The lowest BCUT2D eigenvalue weighted by Crippen LogP contribution is -2.24. The van der Waals surface area contributed by atoms with E-state index in [1.54, 1.807) is 42.5 Å². The number of nitrogens with zero attached hydrogens (tertiary/aromatic N) is 1. The molecule has 1 fully saturated rings. The Kier molecular flexibility index (Phi) is 6.46. The number of rotatable bonds is 6. The Morgan fingerprint density at radius 3 is 2.09 bits per heavy atom. The van der Waals surface area contributed by atoms with Crippen LogP contribution in [-0.2, 0) is 11.3 Å². The number of anilines is 3. The van der Waals surface area contributed by atoms with E-state index in [2.05, 4.69) is 16.0 Å². The smallest absolute Gasteiger partial charge is 0.323 e. The van der Waals surface area contributed by atoms with Gasteiger partial charge >= 0.3 is 6.03 Å². The highest BCUT2D eigenvalue weighted by Crippen LogP contribution is 2.18. The first-order valence-electron chi connectivity index (χ1n) is 10.5. The summed E-state index contributed by atoms with van der Waals surface area (Å²) in [5.41, 5.74) is 3.37. The average Bonchev–Trinajstić information content (AvgIpc) is 3.20. The Labute approximate surface area is 186 Å². The van der Waals surface area contributed by atoms with Crippen molar-refractivity contribution >= 4 is 34.9 Å². The third-order valence-electron chi connectivity index (χ3n) is 5.17. The maximum atomic E-state index is 12.7.